The van der Waals surface area contributed by atoms with Crippen molar-refractivity contribution in [2.24, 2.45) is 5.92 Å². The van der Waals surface area contributed by atoms with Gasteiger partial charge in [-0.3, -0.25) is 9.69 Å². The van der Waals surface area contributed by atoms with E-state index in [2.05, 4.69) is 21.2 Å². The van der Waals surface area contributed by atoms with E-state index in [0.29, 0.717) is 12.3 Å². The Balaban J connectivity index is 1.71. The summed E-state index contributed by atoms with van der Waals surface area (Å²) in [5.74, 6) is -0.0288. The second kappa shape index (κ2) is 5.89. The molecule has 4 atom stereocenters. The molecule has 3 rings (SSSR count). The maximum atomic E-state index is 12.4. The number of nitrogens with one attached hydrogen (secondary N) is 1. The van der Waals surface area contributed by atoms with Gasteiger partial charge in [0.25, 0.3) is 0 Å². The molecule has 0 aromatic heterocycles. The number of rotatable bonds is 4. The normalized spacial score (nSPS) is 27.2. The summed E-state index contributed by atoms with van der Waals surface area (Å²) in [6.45, 7) is -0.241. The van der Waals surface area contributed by atoms with E-state index in [1.54, 1.807) is 0 Å². The van der Waals surface area contributed by atoms with Crippen LogP contribution in [0.15, 0.2) is 28.7 Å². The average molecular weight is 369 g/mol. The Morgan fingerprint density at radius 2 is 2.18 bits per heavy atom. The van der Waals surface area contributed by atoms with Gasteiger partial charge in [-0.25, -0.2) is 4.79 Å². The van der Waals surface area contributed by atoms with Crippen LogP contribution in [0, 0.1) is 5.92 Å². The van der Waals surface area contributed by atoms with Crippen LogP contribution in [0.2, 0.25) is 0 Å². The molecule has 0 unspecified atom stereocenters. The fourth-order valence-electron chi connectivity index (χ4n) is 3.19. The molecule has 3 N–H and O–H groups in total. The zero-order valence-electron chi connectivity index (χ0n) is 11.8. The molecule has 6 nitrogen and oxygen atoms in total. The predicted molar refractivity (Wildman–Crippen MR) is 82.3 cm³/mol. The molecule has 1 aliphatic carbocycles. The molecule has 1 saturated heterocycles. The second-order valence-corrected chi connectivity index (χ2v) is 6.72. The molecule has 1 aromatic carbocycles. The number of piperidine rings is 1. The van der Waals surface area contributed by atoms with E-state index in [-0.39, 0.29) is 18.6 Å². The fourth-order valence-corrected chi connectivity index (χ4v) is 3.61. The number of fused-ring (bicyclic) bond motifs is 1. The summed E-state index contributed by atoms with van der Waals surface area (Å²) < 4.78 is 0.854. The number of hydrogen-bond donors (Lipinski definition) is 3. The lowest BCUT2D eigenvalue weighted by Gasteiger charge is -2.26. The largest absolute Gasteiger partial charge is 0.465 e. The fraction of sp³-hybridized carbons (Fsp3) is 0.467. The van der Waals surface area contributed by atoms with Crippen LogP contribution in [0.4, 0.5) is 4.79 Å². The van der Waals surface area contributed by atoms with Crippen LogP contribution in [-0.2, 0) is 4.79 Å². The number of halogens is 1. The molecule has 0 radical (unpaired) electrons. The molecular formula is C15H17BrN2O4. The Bertz CT molecular complexity index is 609. The number of carbonyl (C=O) groups is 2. The predicted octanol–water partition coefficient (Wildman–Crippen LogP) is 1.74. The standard InChI is InChI=1S/C15H17BrN2O4/c16-10-3-1-2-8(4-10)11(7-19)17-14(20)13-6-9-5-12(9)18(13)15(21)22/h1-4,9,11-13,19H,5-7H2,(H,17,20)(H,21,22)/t9-,11-,12-,13+/m1/s1. The molecule has 2 amide bonds. The van der Waals surface area contributed by atoms with Gasteiger partial charge in [0.2, 0.25) is 5.91 Å². The van der Waals surface area contributed by atoms with Crippen molar-refractivity contribution in [1.82, 2.24) is 10.2 Å². The molecule has 1 aromatic rings. The number of nitrogens with zero attached hydrogens (tertiary/aromatic N) is 1. The first-order valence-corrected chi connectivity index (χ1v) is 7.98. The van der Waals surface area contributed by atoms with Crippen molar-refractivity contribution >= 4 is 27.9 Å². The van der Waals surface area contributed by atoms with Gasteiger partial charge in [-0.1, -0.05) is 28.1 Å². The summed E-state index contributed by atoms with van der Waals surface area (Å²) in [5.41, 5.74) is 0.773. The maximum Gasteiger partial charge on any atom is 0.408 e. The molecular weight excluding hydrogens is 352 g/mol. The van der Waals surface area contributed by atoms with Crippen molar-refractivity contribution in [2.75, 3.05) is 6.61 Å². The third kappa shape index (κ3) is 2.83. The van der Waals surface area contributed by atoms with Gasteiger partial charge in [-0.05, 0) is 36.5 Å². The van der Waals surface area contributed by atoms with Gasteiger partial charge in [-0.2, -0.15) is 0 Å². The van der Waals surface area contributed by atoms with Crippen molar-refractivity contribution in [3.8, 4) is 0 Å². The Morgan fingerprint density at radius 1 is 1.41 bits per heavy atom. The third-order valence-electron chi connectivity index (χ3n) is 4.38. The third-order valence-corrected chi connectivity index (χ3v) is 4.87. The molecule has 118 valence electrons. The van der Waals surface area contributed by atoms with Crippen LogP contribution in [0.3, 0.4) is 0 Å². The van der Waals surface area contributed by atoms with Gasteiger partial charge in [0.15, 0.2) is 0 Å². The first-order valence-electron chi connectivity index (χ1n) is 7.19. The van der Waals surface area contributed by atoms with Gasteiger partial charge in [-0.15, -0.1) is 0 Å². The van der Waals surface area contributed by atoms with Crippen LogP contribution in [0.25, 0.3) is 0 Å². The summed E-state index contributed by atoms with van der Waals surface area (Å²) >= 11 is 3.35. The van der Waals surface area contributed by atoms with E-state index >= 15 is 0 Å². The number of amides is 2. The zero-order valence-corrected chi connectivity index (χ0v) is 13.4. The highest BCUT2D eigenvalue weighted by molar-refractivity contribution is 9.10. The van der Waals surface area contributed by atoms with Gasteiger partial charge in [0.1, 0.15) is 6.04 Å². The molecule has 0 spiro atoms. The van der Waals surface area contributed by atoms with Crippen molar-refractivity contribution in [2.45, 2.75) is 31.0 Å². The monoisotopic (exact) mass is 368 g/mol. The van der Waals surface area contributed by atoms with Crippen molar-refractivity contribution in [3.63, 3.8) is 0 Å². The molecule has 1 heterocycles. The Labute approximate surface area is 136 Å². The van der Waals surface area contributed by atoms with Gasteiger partial charge < -0.3 is 15.5 Å². The minimum absolute atomic E-state index is 0.00769. The van der Waals surface area contributed by atoms with Gasteiger partial charge in [0, 0.05) is 10.5 Å². The van der Waals surface area contributed by atoms with Gasteiger partial charge >= 0.3 is 6.09 Å². The number of likely N-dealkylation sites (tertiary alicyclic amines) is 1. The topological polar surface area (TPSA) is 89.9 Å². The summed E-state index contributed by atoms with van der Waals surface area (Å²) in [6.07, 6.45) is 0.373. The Kier molecular flexibility index (Phi) is 4.10. The number of aliphatic hydroxyl groups excluding tert-OH is 1. The Hall–Kier alpha value is -1.60. The van der Waals surface area contributed by atoms with Crippen LogP contribution >= 0.6 is 15.9 Å². The van der Waals surface area contributed by atoms with Crippen LogP contribution in [0.1, 0.15) is 24.4 Å². The average Bonchev–Trinajstić information content (AvgIpc) is 3.13. The minimum Gasteiger partial charge on any atom is -0.465 e. The van der Waals surface area contributed by atoms with E-state index in [9.17, 15) is 19.8 Å². The molecule has 7 heteroatoms. The maximum absolute atomic E-state index is 12.4. The lowest BCUT2D eigenvalue weighted by molar-refractivity contribution is -0.126. The summed E-state index contributed by atoms with van der Waals surface area (Å²) in [4.78, 5) is 25.0. The van der Waals surface area contributed by atoms with Crippen molar-refractivity contribution < 1.29 is 19.8 Å². The number of carbonyl (C=O) groups excluding carboxylic acids is 1. The summed E-state index contributed by atoms with van der Waals surface area (Å²) in [5, 5.41) is 21.6. The highest BCUT2D eigenvalue weighted by Crippen LogP contribution is 2.47. The molecule has 1 aliphatic heterocycles. The number of benzene rings is 1. The highest BCUT2D eigenvalue weighted by atomic mass is 79.9. The number of hydrogen-bond acceptors (Lipinski definition) is 3. The quantitative estimate of drug-likeness (QED) is 0.754. The zero-order chi connectivity index (χ0) is 15.9. The highest BCUT2D eigenvalue weighted by Gasteiger charge is 2.56. The first-order chi connectivity index (χ1) is 10.5. The lowest BCUT2D eigenvalue weighted by atomic mass is 10.1. The van der Waals surface area contributed by atoms with E-state index in [4.69, 9.17) is 0 Å². The number of aliphatic hydroxyl groups is 1. The van der Waals surface area contributed by atoms with Crippen LogP contribution in [-0.4, -0.2) is 45.8 Å². The van der Waals surface area contributed by atoms with Crippen LogP contribution < -0.4 is 5.32 Å². The van der Waals surface area contributed by atoms with E-state index in [1.165, 1.54) is 4.90 Å². The van der Waals surface area contributed by atoms with Crippen molar-refractivity contribution in [1.29, 1.82) is 0 Å². The smallest absolute Gasteiger partial charge is 0.408 e. The molecule has 1 saturated carbocycles. The molecule has 2 aliphatic rings. The van der Waals surface area contributed by atoms with E-state index in [1.807, 2.05) is 24.3 Å². The molecule has 22 heavy (non-hydrogen) atoms. The summed E-state index contributed by atoms with van der Waals surface area (Å²) in [6, 6.07) is 6.11. The second-order valence-electron chi connectivity index (χ2n) is 5.80. The van der Waals surface area contributed by atoms with Crippen LogP contribution in [0.5, 0.6) is 0 Å². The SMILES string of the molecule is O=C(N[C@H](CO)c1cccc(Br)c1)[C@@H]1C[C@H]2C[C@H]2N1C(=O)O. The lowest BCUT2D eigenvalue weighted by Crippen LogP contribution is -2.48. The summed E-state index contributed by atoms with van der Waals surface area (Å²) in [7, 11) is 0. The minimum atomic E-state index is -1.05. The first kappa shape index (κ1) is 15.3. The number of carboxylic acid groups (broad SMARTS) is 1. The van der Waals surface area contributed by atoms with E-state index in [0.717, 1.165) is 16.5 Å². The Morgan fingerprint density at radius 3 is 2.82 bits per heavy atom. The van der Waals surface area contributed by atoms with Gasteiger partial charge in [0.05, 0.1) is 12.6 Å². The van der Waals surface area contributed by atoms with E-state index < -0.39 is 18.2 Å². The van der Waals surface area contributed by atoms with Crippen molar-refractivity contribution in [3.05, 3.63) is 34.3 Å². The molecule has 2 fully saturated rings. The molecule has 0 bridgehead atoms.